The van der Waals surface area contributed by atoms with Crippen molar-refractivity contribution >= 4 is 17.6 Å². The summed E-state index contributed by atoms with van der Waals surface area (Å²) in [5.74, 6) is 2.16. The number of ether oxygens (including phenoxy) is 1. The lowest BCUT2D eigenvalue weighted by molar-refractivity contribution is 0.0363. The lowest BCUT2D eigenvalue weighted by Gasteiger charge is -2.42. The summed E-state index contributed by atoms with van der Waals surface area (Å²) in [5.41, 5.74) is 3.02. The number of nitrogens with zero attached hydrogens (tertiary/aromatic N) is 6. The molecule has 1 saturated heterocycles. The molecule has 2 aromatic heterocycles. The molecule has 0 bridgehead atoms. The molecule has 238 valence electrons. The quantitative estimate of drug-likeness (QED) is 0.288. The molecule has 9 heteroatoms. The van der Waals surface area contributed by atoms with Crippen molar-refractivity contribution in [2.45, 2.75) is 46.1 Å². The molecule has 2 aromatic carbocycles. The number of rotatable bonds is 4. The van der Waals surface area contributed by atoms with Crippen molar-refractivity contribution in [1.82, 2.24) is 24.8 Å². The van der Waals surface area contributed by atoms with Crippen LogP contribution in [0.1, 0.15) is 63.5 Å². The second-order valence-electron chi connectivity index (χ2n) is 12.5. The third kappa shape index (κ3) is 7.36. The zero-order valence-electron chi connectivity index (χ0n) is 26.8. The highest BCUT2D eigenvalue weighted by Gasteiger charge is 2.37. The summed E-state index contributed by atoms with van der Waals surface area (Å²) in [7, 11) is 0. The number of benzene rings is 2. The van der Waals surface area contributed by atoms with E-state index >= 15 is 0 Å². The summed E-state index contributed by atoms with van der Waals surface area (Å²) in [6.45, 7) is 8.05. The maximum atomic E-state index is 14.2. The van der Waals surface area contributed by atoms with E-state index in [0.29, 0.717) is 56.2 Å². The van der Waals surface area contributed by atoms with Crippen molar-refractivity contribution < 1.29 is 14.3 Å². The highest BCUT2D eigenvalue weighted by atomic mass is 16.5. The Labute approximate surface area is 271 Å². The van der Waals surface area contributed by atoms with Gasteiger partial charge in [-0.1, -0.05) is 42.5 Å². The van der Waals surface area contributed by atoms with E-state index in [1.54, 1.807) is 12.4 Å². The molecule has 46 heavy (non-hydrogen) atoms. The summed E-state index contributed by atoms with van der Waals surface area (Å²) in [5, 5.41) is 0. The molecule has 4 aromatic rings. The first kappa shape index (κ1) is 31.2. The average molecular weight is 619 g/mol. The average Bonchev–Trinajstić information content (AvgIpc) is 3.09. The first-order chi connectivity index (χ1) is 22.4. The van der Waals surface area contributed by atoms with Crippen LogP contribution in [0.25, 0.3) is 0 Å². The molecule has 0 aliphatic carbocycles. The number of amides is 2. The summed E-state index contributed by atoms with van der Waals surface area (Å²) in [4.78, 5) is 47.1. The maximum Gasteiger partial charge on any atom is 0.257 e. The van der Waals surface area contributed by atoms with Crippen LogP contribution in [0.4, 0.5) is 5.82 Å². The number of fused-ring (bicyclic) bond motifs is 1. The van der Waals surface area contributed by atoms with Crippen molar-refractivity contribution in [3.05, 3.63) is 113 Å². The van der Waals surface area contributed by atoms with Crippen LogP contribution in [0.3, 0.4) is 0 Å². The number of aromatic nitrogens is 3. The van der Waals surface area contributed by atoms with Crippen LogP contribution in [0.5, 0.6) is 5.75 Å². The molecular weight excluding hydrogens is 576 g/mol. The fourth-order valence-electron chi connectivity index (χ4n) is 6.50. The predicted molar refractivity (Wildman–Crippen MR) is 178 cm³/mol. The Morgan fingerprint density at radius 2 is 1.63 bits per heavy atom. The summed E-state index contributed by atoms with van der Waals surface area (Å²) >= 11 is 0. The van der Waals surface area contributed by atoms with Gasteiger partial charge in [0, 0.05) is 62.8 Å². The minimum atomic E-state index is -0.135. The van der Waals surface area contributed by atoms with Gasteiger partial charge in [0.25, 0.3) is 11.8 Å². The fraction of sp³-hybridized carbons (Fsp3) is 0.378. The molecule has 0 atom stereocenters. The molecular formula is C37H42N6O3. The number of hydrogen-bond acceptors (Lipinski definition) is 7. The highest BCUT2D eigenvalue weighted by Crippen LogP contribution is 2.38. The normalized spacial score (nSPS) is 17.3. The van der Waals surface area contributed by atoms with Crippen LogP contribution in [-0.2, 0) is 6.54 Å². The standard InChI is InChI=1S/C37H42N6O3/c1-28-13-14-31(25-39-28)35(44)42-21-17-37(18-22-42)16-8-20-41(34-15-19-38-29(2)40-34)23-24-43(26-30-9-4-3-5-10-30)36(45)32-11-6-7-12-33(32)46-27-37/h3-7,9-15,19,25H,8,16-18,20-24,26-27H2,1-2H3. The third-order valence-corrected chi connectivity index (χ3v) is 9.28. The van der Waals surface area contributed by atoms with Gasteiger partial charge in [0.05, 0.1) is 17.7 Å². The van der Waals surface area contributed by atoms with E-state index in [0.717, 1.165) is 55.1 Å². The number of aryl methyl sites for hydroxylation is 2. The maximum absolute atomic E-state index is 14.2. The highest BCUT2D eigenvalue weighted by molar-refractivity contribution is 5.97. The van der Waals surface area contributed by atoms with E-state index in [2.05, 4.69) is 27.0 Å². The number of hydrogen-bond donors (Lipinski definition) is 0. The molecule has 9 nitrogen and oxygen atoms in total. The number of anilines is 1. The van der Waals surface area contributed by atoms with Crippen LogP contribution in [0.15, 0.2) is 85.2 Å². The second-order valence-corrected chi connectivity index (χ2v) is 12.5. The molecule has 1 fully saturated rings. The van der Waals surface area contributed by atoms with Gasteiger partial charge in [-0.25, -0.2) is 9.97 Å². The zero-order chi connectivity index (χ0) is 31.9. The molecule has 2 amide bonds. The van der Waals surface area contributed by atoms with E-state index in [1.165, 1.54) is 0 Å². The van der Waals surface area contributed by atoms with E-state index in [9.17, 15) is 9.59 Å². The summed E-state index contributed by atoms with van der Waals surface area (Å²) in [6, 6.07) is 23.4. The number of piperidine rings is 1. The van der Waals surface area contributed by atoms with Gasteiger partial charge in [-0.3, -0.25) is 14.6 Å². The molecule has 4 heterocycles. The minimum Gasteiger partial charge on any atom is -0.492 e. The Kier molecular flexibility index (Phi) is 9.57. The molecule has 2 aliphatic heterocycles. The molecule has 0 N–H and O–H groups in total. The van der Waals surface area contributed by atoms with E-state index in [1.807, 2.05) is 84.3 Å². The van der Waals surface area contributed by atoms with Gasteiger partial charge in [0.1, 0.15) is 17.4 Å². The zero-order valence-corrected chi connectivity index (χ0v) is 26.8. The number of carbonyl (C=O) groups is 2. The Hall–Kier alpha value is -4.79. The Bertz CT molecular complexity index is 1640. The van der Waals surface area contributed by atoms with Gasteiger partial charge in [0.2, 0.25) is 0 Å². The summed E-state index contributed by atoms with van der Waals surface area (Å²) in [6.07, 6.45) is 6.97. The number of pyridine rings is 1. The monoisotopic (exact) mass is 618 g/mol. The predicted octanol–water partition coefficient (Wildman–Crippen LogP) is 5.73. The topological polar surface area (TPSA) is 91.8 Å². The molecule has 0 saturated carbocycles. The Morgan fingerprint density at radius 3 is 2.39 bits per heavy atom. The Balaban J connectivity index is 1.28. The van der Waals surface area contributed by atoms with Gasteiger partial charge < -0.3 is 19.4 Å². The SMILES string of the molecule is Cc1ccc(C(=O)N2CCC3(CCCN(c4ccnc(C)n4)CCN(Cc4ccccc4)C(=O)c4ccccc4OC3)CC2)cn1. The van der Waals surface area contributed by atoms with Crippen molar-refractivity contribution in [3.63, 3.8) is 0 Å². The fourth-order valence-corrected chi connectivity index (χ4v) is 6.50. The van der Waals surface area contributed by atoms with E-state index < -0.39 is 0 Å². The summed E-state index contributed by atoms with van der Waals surface area (Å²) < 4.78 is 6.59. The van der Waals surface area contributed by atoms with Crippen molar-refractivity contribution in [1.29, 1.82) is 0 Å². The van der Waals surface area contributed by atoms with Crippen LogP contribution < -0.4 is 9.64 Å². The number of para-hydroxylation sites is 1. The largest absolute Gasteiger partial charge is 0.492 e. The van der Waals surface area contributed by atoms with Crippen LogP contribution >= 0.6 is 0 Å². The van der Waals surface area contributed by atoms with E-state index in [4.69, 9.17) is 9.72 Å². The molecule has 6 rings (SSSR count). The van der Waals surface area contributed by atoms with Crippen LogP contribution in [0, 0.1) is 19.3 Å². The van der Waals surface area contributed by atoms with Crippen molar-refractivity contribution in [3.8, 4) is 5.75 Å². The van der Waals surface area contributed by atoms with Crippen LogP contribution in [0.2, 0.25) is 0 Å². The van der Waals surface area contributed by atoms with Gasteiger partial charge in [-0.05, 0) is 75.4 Å². The van der Waals surface area contributed by atoms with E-state index in [-0.39, 0.29) is 17.2 Å². The van der Waals surface area contributed by atoms with Gasteiger partial charge >= 0.3 is 0 Å². The molecule has 0 radical (unpaired) electrons. The number of likely N-dealkylation sites (tertiary alicyclic amines) is 1. The lowest BCUT2D eigenvalue weighted by Crippen LogP contribution is -2.46. The second kappa shape index (κ2) is 14.1. The molecule has 1 spiro atoms. The Morgan fingerprint density at radius 1 is 0.848 bits per heavy atom. The molecule has 2 aliphatic rings. The van der Waals surface area contributed by atoms with Crippen molar-refractivity contribution in [2.75, 3.05) is 44.2 Å². The first-order valence-electron chi connectivity index (χ1n) is 16.2. The smallest absolute Gasteiger partial charge is 0.257 e. The van der Waals surface area contributed by atoms with Crippen LogP contribution in [-0.4, -0.2) is 75.9 Å². The number of carbonyl (C=O) groups excluding carboxylic acids is 2. The third-order valence-electron chi connectivity index (χ3n) is 9.28. The van der Waals surface area contributed by atoms with Gasteiger partial charge in [-0.2, -0.15) is 0 Å². The van der Waals surface area contributed by atoms with Crippen molar-refractivity contribution in [2.24, 2.45) is 5.41 Å². The van der Waals surface area contributed by atoms with Gasteiger partial charge in [0.15, 0.2) is 0 Å². The van der Waals surface area contributed by atoms with Gasteiger partial charge in [-0.15, -0.1) is 0 Å². The minimum absolute atomic E-state index is 0.0210. The lowest BCUT2D eigenvalue weighted by atomic mass is 9.75. The molecule has 0 unspecified atom stereocenters. The first-order valence-corrected chi connectivity index (χ1v) is 16.2.